The Bertz CT molecular complexity index is 1460. The van der Waals surface area contributed by atoms with Crippen molar-refractivity contribution in [2.24, 2.45) is 0 Å². The quantitative estimate of drug-likeness (QED) is 0.297. The van der Waals surface area contributed by atoms with E-state index in [0.717, 1.165) is 59.8 Å². The first kappa shape index (κ1) is 24.7. The number of nitrogens with one attached hydrogen (secondary N) is 3. The van der Waals surface area contributed by atoms with E-state index in [-0.39, 0.29) is 17.8 Å². The number of hydrogen-bond donors (Lipinski definition) is 3. The lowest BCUT2D eigenvalue weighted by atomic mass is 10.2. The molecule has 196 valence electrons. The molecule has 4 aromatic rings. The molecular formula is C28H29FN6O2S. The Morgan fingerprint density at radius 2 is 2.08 bits per heavy atom. The van der Waals surface area contributed by atoms with Crippen LogP contribution in [-0.2, 0) is 6.54 Å². The Balaban J connectivity index is 1.16. The Hall–Kier alpha value is -3.60. The van der Waals surface area contributed by atoms with E-state index in [1.54, 1.807) is 18.3 Å². The lowest BCUT2D eigenvalue weighted by Crippen LogP contribution is -2.48. The maximum atomic E-state index is 14.8. The van der Waals surface area contributed by atoms with Crippen LogP contribution in [0.4, 0.5) is 14.9 Å². The first-order chi connectivity index (χ1) is 18.5. The smallest absolute Gasteiger partial charge is 0.319 e. The summed E-state index contributed by atoms with van der Waals surface area (Å²) < 4.78 is 21.6. The molecule has 1 aromatic carbocycles. The molecule has 2 aliphatic rings. The van der Waals surface area contributed by atoms with Gasteiger partial charge in [-0.25, -0.2) is 9.18 Å². The molecule has 1 unspecified atom stereocenters. The van der Waals surface area contributed by atoms with Crippen LogP contribution >= 0.6 is 11.3 Å². The summed E-state index contributed by atoms with van der Waals surface area (Å²) >= 11 is 1.51. The summed E-state index contributed by atoms with van der Waals surface area (Å²) in [5.41, 5.74) is 3.18. The molecule has 1 aliphatic heterocycles. The van der Waals surface area contributed by atoms with E-state index in [0.29, 0.717) is 17.5 Å². The number of halogens is 1. The van der Waals surface area contributed by atoms with Crippen molar-refractivity contribution in [2.45, 2.75) is 38.4 Å². The Morgan fingerprint density at radius 3 is 2.84 bits per heavy atom. The number of fused-ring (bicyclic) bond motifs is 1. The molecule has 8 nitrogen and oxygen atoms in total. The molecule has 4 heterocycles. The molecule has 1 atom stereocenters. The number of nitrogens with zero attached hydrogens (tertiary/aromatic N) is 3. The molecule has 38 heavy (non-hydrogen) atoms. The number of aromatic nitrogens is 2. The van der Waals surface area contributed by atoms with Crippen molar-refractivity contribution in [1.82, 2.24) is 25.5 Å². The van der Waals surface area contributed by atoms with Gasteiger partial charge in [0.1, 0.15) is 5.75 Å². The molecule has 0 spiro atoms. The van der Waals surface area contributed by atoms with Crippen LogP contribution in [0.3, 0.4) is 0 Å². The third-order valence-corrected chi connectivity index (χ3v) is 7.80. The number of piperazine rings is 1. The summed E-state index contributed by atoms with van der Waals surface area (Å²) in [6, 6.07) is 12.7. The van der Waals surface area contributed by atoms with Gasteiger partial charge in [0.25, 0.3) is 0 Å². The average molecular weight is 533 g/mol. The van der Waals surface area contributed by atoms with Crippen molar-refractivity contribution in [3.63, 3.8) is 0 Å². The summed E-state index contributed by atoms with van der Waals surface area (Å²) in [4.78, 5) is 24.5. The van der Waals surface area contributed by atoms with Gasteiger partial charge in [-0.1, -0.05) is 6.07 Å². The van der Waals surface area contributed by atoms with Gasteiger partial charge < -0.3 is 20.7 Å². The van der Waals surface area contributed by atoms with Crippen molar-refractivity contribution >= 4 is 33.3 Å². The van der Waals surface area contributed by atoms with E-state index < -0.39 is 5.82 Å². The van der Waals surface area contributed by atoms with Crippen molar-refractivity contribution in [2.75, 3.05) is 25.0 Å². The second kappa shape index (κ2) is 10.6. The third-order valence-electron chi connectivity index (χ3n) is 6.63. The Labute approximate surface area is 224 Å². The van der Waals surface area contributed by atoms with Crippen LogP contribution in [0.25, 0.3) is 20.8 Å². The molecule has 6 rings (SSSR count). The zero-order chi connectivity index (χ0) is 26.1. The predicted molar refractivity (Wildman–Crippen MR) is 147 cm³/mol. The van der Waals surface area contributed by atoms with Crippen LogP contribution in [-0.4, -0.2) is 52.6 Å². The minimum Gasteiger partial charge on any atom is -0.453 e. The van der Waals surface area contributed by atoms with Gasteiger partial charge in [0.05, 0.1) is 20.8 Å². The molecule has 10 heteroatoms. The van der Waals surface area contributed by atoms with Crippen molar-refractivity contribution in [1.29, 1.82) is 0 Å². The van der Waals surface area contributed by atoms with Gasteiger partial charge in [-0.05, 0) is 49.6 Å². The summed E-state index contributed by atoms with van der Waals surface area (Å²) in [7, 11) is 0. The molecule has 1 aliphatic carbocycles. The van der Waals surface area contributed by atoms with Crippen LogP contribution < -0.4 is 20.7 Å². The summed E-state index contributed by atoms with van der Waals surface area (Å²) in [5.74, 6) is 0.0270. The maximum Gasteiger partial charge on any atom is 0.319 e. The fourth-order valence-corrected chi connectivity index (χ4v) is 5.60. The van der Waals surface area contributed by atoms with E-state index in [2.05, 4.69) is 38.8 Å². The zero-order valence-corrected chi connectivity index (χ0v) is 21.9. The second-order valence-electron chi connectivity index (χ2n) is 9.90. The highest BCUT2D eigenvalue weighted by Crippen LogP contribution is 2.39. The molecular weight excluding hydrogens is 503 g/mol. The molecule has 1 saturated carbocycles. The number of carbonyl (C=O) groups excluding carboxylic acids is 1. The predicted octanol–water partition coefficient (Wildman–Crippen LogP) is 5.37. The molecule has 0 bridgehead atoms. The van der Waals surface area contributed by atoms with Crippen LogP contribution in [0, 0.1) is 5.82 Å². The summed E-state index contributed by atoms with van der Waals surface area (Å²) in [6.45, 7) is 6.16. The van der Waals surface area contributed by atoms with Gasteiger partial charge in [0, 0.05) is 68.5 Å². The van der Waals surface area contributed by atoms with Crippen LogP contribution in [0.15, 0.2) is 54.9 Å². The van der Waals surface area contributed by atoms with Crippen molar-refractivity contribution in [3.05, 3.63) is 66.2 Å². The van der Waals surface area contributed by atoms with Gasteiger partial charge in [-0.3, -0.25) is 14.9 Å². The van der Waals surface area contributed by atoms with Crippen molar-refractivity contribution < 1.29 is 13.9 Å². The fraction of sp³-hybridized carbons (Fsp3) is 0.321. The number of hydrogen-bond acceptors (Lipinski definition) is 7. The van der Waals surface area contributed by atoms with E-state index in [9.17, 15) is 9.18 Å². The highest BCUT2D eigenvalue weighted by atomic mass is 32.1. The molecule has 2 amide bonds. The minimum atomic E-state index is -0.563. The number of ether oxygens (including phenoxy) is 1. The largest absolute Gasteiger partial charge is 0.453 e. The summed E-state index contributed by atoms with van der Waals surface area (Å²) in [5, 5.41) is 8.95. The van der Waals surface area contributed by atoms with Crippen molar-refractivity contribution in [3.8, 4) is 22.1 Å². The normalized spacial score (nSPS) is 17.9. The lowest BCUT2D eigenvalue weighted by molar-refractivity contribution is 0.199. The highest BCUT2D eigenvalue weighted by molar-refractivity contribution is 7.22. The number of thiophene rings is 1. The number of urea groups is 1. The van der Waals surface area contributed by atoms with Crippen LogP contribution in [0.1, 0.15) is 25.3 Å². The number of carbonyl (C=O) groups is 1. The van der Waals surface area contributed by atoms with E-state index in [1.807, 2.05) is 18.3 Å². The van der Waals surface area contributed by atoms with E-state index in [4.69, 9.17) is 9.72 Å². The summed E-state index contributed by atoms with van der Waals surface area (Å²) in [6.07, 6.45) is 5.55. The third kappa shape index (κ3) is 5.77. The number of anilines is 1. The minimum absolute atomic E-state index is 0.0744. The van der Waals surface area contributed by atoms with Gasteiger partial charge >= 0.3 is 6.03 Å². The van der Waals surface area contributed by atoms with Gasteiger partial charge in [0.15, 0.2) is 11.6 Å². The Kier molecular flexibility index (Phi) is 6.92. The second-order valence-corrected chi connectivity index (χ2v) is 10.9. The fourth-order valence-electron chi connectivity index (χ4n) is 4.56. The van der Waals surface area contributed by atoms with Gasteiger partial charge in [0.2, 0.25) is 0 Å². The van der Waals surface area contributed by atoms with E-state index in [1.165, 1.54) is 29.0 Å². The molecule has 2 fully saturated rings. The van der Waals surface area contributed by atoms with E-state index >= 15 is 0 Å². The molecule has 3 N–H and O–H groups in total. The average Bonchev–Trinajstić information content (AvgIpc) is 3.60. The standard InChI is InChI=1S/C28H29FN6O2S/c1-17-15-35(11-10-30-17)16-18-2-6-22(32-14-18)26-13-23-27(38-26)25(8-9-31-23)37-24-7-5-20(12-21(24)29)34-28(36)33-19-3-4-19/h2,5-9,12-14,17,19,30H,3-4,10-11,15-16H2,1H3,(H2,33,34,36). The number of rotatable bonds is 7. The SMILES string of the molecule is CC1CN(Cc2ccc(-c3cc4nccc(Oc5ccc(NC(=O)NC6CC6)cc5F)c4s3)nc2)CCN1. The first-order valence-electron chi connectivity index (χ1n) is 12.8. The maximum absolute atomic E-state index is 14.8. The molecule has 3 aromatic heterocycles. The molecule has 1 saturated heterocycles. The lowest BCUT2D eigenvalue weighted by Gasteiger charge is -2.31. The number of pyridine rings is 2. The van der Waals surface area contributed by atoms with Gasteiger partial charge in [-0.2, -0.15) is 0 Å². The first-order valence-corrected chi connectivity index (χ1v) is 13.7. The number of amides is 2. The zero-order valence-electron chi connectivity index (χ0n) is 21.0. The van der Waals surface area contributed by atoms with Gasteiger partial charge in [-0.15, -0.1) is 11.3 Å². The molecule has 0 radical (unpaired) electrons. The van der Waals surface area contributed by atoms with Crippen LogP contribution in [0.2, 0.25) is 0 Å². The monoisotopic (exact) mass is 532 g/mol. The topological polar surface area (TPSA) is 91.4 Å². The Morgan fingerprint density at radius 1 is 1.18 bits per heavy atom. The van der Waals surface area contributed by atoms with Crippen LogP contribution in [0.5, 0.6) is 11.5 Å². The number of benzene rings is 1. The highest BCUT2D eigenvalue weighted by Gasteiger charge is 2.23.